The Morgan fingerprint density at radius 1 is 0.882 bits per heavy atom. The second-order valence-corrected chi connectivity index (χ2v) is 10.4. The molecule has 0 bridgehead atoms. The molecule has 0 N–H and O–H groups in total. The van der Waals surface area contributed by atoms with E-state index in [2.05, 4.69) is 84.9 Å². The molecule has 0 saturated heterocycles. The number of ketones is 1. The smallest absolute Gasteiger partial charge is 0.193 e. The van der Waals surface area contributed by atoms with Gasteiger partial charge in [-0.05, 0) is 90.6 Å². The van der Waals surface area contributed by atoms with E-state index in [1.54, 1.807) is 0 Å². The number of Topliss-reactive ketones (excluding diaryl/α,β-unsaturated/α-hetero) is 1. The maximum atomic E-state index is 13.6. The molecule has 0 radical (unpaired) electrons. The average molecular weight is 448 g/mol. The maximum Gasteiger partial charge on any atom is 0.193 e. The molecule has 0 amide bonds. The topological polar surface area (TPSA) is 40.1 Å². The van der Waals surface area contributed by atoms with Crippen LogP contribution >= 0.6 is 0 Å². The van der Waals surface area contributed by atoms with Gasteiger partial charge in [0.05, 0.1) is 0 Å². The van der Waals surface area contributed by atoms with Gasteiger partial charge in [0, 0.05) is 17.1 Å². The number of carbonyl (C=O) groups excluding carboxylic acids is 1. The predicted octanol–water partition coefficient (Wildman–Crippen LogP) is 6.89. The molecule has 34 heavy (non-hydrogen) atoms. The number of aryl methyl sites for hydroxylation is 2. The Bertz CT molecular complexity index is 1430. The average Bonchev–Trinajstić information content (AvgIpc) is 3.09. The first-order chi connectivity index (χ1) is 16.1. The summed E-state index contributed by atoms with van der Waals surface area (Å²) in [5.74, 6) is 0.276. The maximum absolute atomic E-state index is 13.6. The van der Waals surface area contributed by atoms with Gasteiger partial charge in [0.15, 0.2) is 5.78 Å². The van der Waals surface area contributed by atoms with Crippen LogP contribution in [0.25, 0.3) is 16.7 Å². The molecular weight excluding hydrogens is 416 g/mol. The quantitative estimate of drug-likeness (QED) is 0.470. The minimum Gasteiger partial charge on any atom is -0.871 e. The molecule has 5 aliphatic rings. The van der Waals surface area contributed by atoms with E-state index in [0.717, 1.165) is 44.5 Å². The lowest BCUT2D eigenvalue weighted by molar-refractivity contribution is -0.297. The highest BCUT2D eigenvalue weighted by Gasteiger charge is 2.37. The van der Waals surface area contributed by atoms with Gasteiger partial charge in [-0.15, -0.1) is 0 Å². The van der Waals surface area contributed by atoms with E-state index >= 15 is 0 Å². The van der Waals surface area contributed by atoms with Crippen molar-refractivity contribution in [2.75, 3.05) is 0 Å². The molecule has 0 spiro atoms. The molecule has 0 heterocycles. The van der Waals surface area contributed by atoms with Crippen LogP contribution in [-0.2, 0) is 4.79 Å². The standard InChI is InChI=1S/C32H32O2/c1-16(2)22-11-10-19(5)28-24(15-22)21(7)14-26(28)30-31(33)29(32(30)34)25-13-20(6)23-12-17(3)8-9-18(4)27(23)25/h8-16,23,33H,1-7H3/p-1/b29-25+. The van der Waals surface area contributed by atoms with E-state index in [0.29, 0.717) is 17.1 Å². The van der Waals surface area contributed by atoms with Crippen molar-refractivity contribution in [1.29, 1.82) is 0 Å². The lowest BCUT2D eigenvalue weighted by Gasteiger charge is -2.33. The van der Waals surface area contributed by atoms with Crippen LogP contribution in [0.5, 0.6) is 0 Å². The summed E-state index contributed by atoms with van der Waals surface area (Å²) in [6.07, 6.45) is 8.47. The zero-order chi connectivity index (χ0) is 24.5. The van der Waals surface area contributed by atoms with Crippen molar-refractivity contribution >= 4 is 11.4 Å². The molecule has 5 rings (SSSR count). The monoisotopic (exact) mass is 447 g/mol. The van der Waals surface area contributed by atoms with Crippen LogP contribution in [0.1, 0.15) is 62.8 Å². The molecule has 1 atom stereocenters. The first-order valence-corrected chi connectivity index (χ1v) is 12.1. The predicted molar refractivity (Wildman–Crippen MR) is 138 cm³/mol. The Labute approximate surface area is 202 Å². The lowest BCUT2D eigenvalue weighted by atomic mass is 9.78. The molecule has 0 aromatic rings. The van der Waals surface area contributed by atoms with Crippen molar-refractivity contribution in [3.8, 4) is 11.1 Å². The number of fused-ring (bicyclic) bond motifs is 2. The second-order valence-electron chi connectivity index (χ2n) is 10.4. The largest absolute Gasteiger partial charge is 0.871 e. The molecular formula is C32H31O2-. The summed E-state index contributed by atoms with van der Waals surface area (Å²) in [6, 6.07) is 8.51. The van der Waals surface area contributed by atoms with E-state index in [1.807, 2.05) is 12.1 Å². The number of hydrogen-bond donors (Lipinski definition) is 0. The fourth-order valence-corrected chi connectivity index (χ4v) is 5.61. The molecule has 0 aromatic heterocycles. The van der Waals surface area contributed by atoms with Crippen molar-refractivity contribution in [1.82, 2.24) is 0 Å². The van der Waals surface area contributed by atoms with Crippen molar-refractivity contribution < 1.29 is 9.90 Å². The zero-order valence-corrected chi connectivity index (χ0v) is 21.1. The summed E-state index contributed by atoms with van der Waals surface area (Å²) < 4.78 is 0. The minimum atomic E-state index is -0.124. The van der Waals surface area contributed by atoms with Gasteiger partial charge in [0.2, 0.25) is 0 Å². The van der Waals surface area contributed by atoms with Crippen molar-refractivity contribution in [3.05, 3.63) is 110 Å². The van der Waals surface area contributed by atoms with Crippen LogP contribution < -0.4 is 5.11 Å². The van der Waals surface area contributed by atoms with Crippen LogP contribution in [0.4, 0.5) is 0 Å². The third-order valence-electron chi connectivity index (χ3n) is 7.58. The van der Waals surface area contributed by atoms with E-state index < -0.39 is 0 Å². The van der Waals surface area contributed by atoms with Crippen LogP contribution in [0.2, 0.25) is 0 Å². The third-order valence-corrected chi connectivity index (χ3v) is 7.58. The molecule has 0 aliphatic heterocycles. The van der Waals surface area contributed by atoms with Crippen LogP contribution in [0.3, 0.4) is 0 Å². The Morgan fingerprint density at radius 2 is 1.62 bits per heavy atom. The number of rotatable bonds is 2. The second kappa shape index (κ2) is 7.84. The van der Waals surface area contributed by atoms with Crippen LogP contribution in [0.15, 0.2) is 87.8 Å². The zero-order valence-electron chi connectivity index (χ0n) is 21.1. The highest BCUT2D eigenvalue weighted by atomic mass is 16.3. The molecule has 1 unspecified atom stereocenters. The first kappa shape index (κ1) is 22.4. The van der Waals surface area contributed by atoms with Crippen LogP contribution in [0, 0.1) is 19.8 Å². The molecule has 2 heteroatoms. The van der Waals surface area contributed by atoms with Gasteiger partial charge in [-0.3, -0.25) is 4.79 Å². The summed E-state index contributed by atoms with van der Waals surface area (Å²) in [5.41, 5.74) is 12.4. The fraction of sp³-hybridized carbons (Fsp3) is 0.281. The van der Waals surface area contributed by atoms with Gasteiger partial charge in [-0.2, -0.15) is 0 Å². The van der Waals surface area contributed by atoms with Crippen molar-refractivity contribution in [3.63, 3.8) is 0 Å². The summed E-state index contributed by atoms with van der Waals surface area (Å²) in [7, 11) is 0. The van der Waals surface area contributed by atoms with Gasteiger partial charge in [-0.25, -0.2) is 0 Å². The van der Waals surface area contributed by atoms with E-state index in [9.17, 15) is 9.90 Å². The van der Waals surface area contributed by atoms with Gasteiger partial charge in [-0.1, -0.05) is 79.3 Å². The summed E-state index contributed by atoms with van der Waals surface area (Å²) >= 11 is 0. The first-order valence-electron chi connectivity index (χ1n) is 12.1. The van der Waals surface area contributed by atoms with Crippen molar-refractivity contribution in [2.24, 2.45) is 5.92 Å². The summed E-state index contributed by atoms with van der Waals surface area (Å²) in [5, 5.41) is 13.6. The number of hydrogen-bond acceptors (Lipinski definition) is 2. The minimum absolute atomic E-state index is 0.124. The Kier molecular flexibility index (Phi) is 5.16. The van der Waals surface area contributed by atoms with E-state index in [4.69, 9.17) is 0 Å². The molecule has 0 aromatic carbocycles. The van der Waals surface area contributed by atoms with Gasteiger partial charge < -0.3 is 5.11 Å². The van der Waals surface area contributed by atoms with E-state index in [-0.39, 0.29) is 17.5 Å². The highest BCUT2D eigenvalue weighted by Crippen LogP contribution is 2.49. The highest BCUT2D eigenvalue weighted by molar-refractivity contribution is 6.40. The Balaban J connectivity index is 1.70. The third kappa shape index (κ3) is 3.20. The number of carbonyl (C=O) groups is 1. The molecule has 172 valence electrons. The molecule has 0 fully saturated rings. The summed E-state index contributed by atoms with van der Waals surface area (Å²) in [4.78, 5) is 13.6. The van der Waals surface area contributed by atoms with Crippen LogP contribution in [-0.4, -0.2) is 5.78 Å². The van der Waals surface area contributed by atoms with Crippen molar-refractivity contribution in [2.45, 2.75) is 54.4 Å². The molecule has 5 aliphatic carbocycles. The van der Waals surface area contributed by atoms with Gasteiger partial charge in [0.1, 0.15) is 0 Å². The SMILES string of the molecule is CC1=CC2C(C)=C/C(=C3\C(=O)C(c4cc(C)c5cc(C(C)C)ccc(C)c4-5)=C3[O-])C2=C(C)C=C1. The van der Waals surface area contributed by atoms with Gasteiger partial charge in [0.25, 0.3) is 0 Å². The van der Waals surface area contributed by atoms with E-state index in [1.165, 1.54) is 16.7 Å². The summed E-state index contributed by atoms with van der Waals surface area (Å²) in [6.45, 7) is 14.7. The Hall–Kier alpha value is -3.39. The fourth-order valence-electron chi connectivity index (χ4n) is 5.61. The Morgan fingerprint density at radius 3 is 2.29 bits per heavy atom. The normalized spacial score (nSPS) is 22.4. The lowest BCUT2D eigenvalue weighted by Crippen LogP contribution is -2.30. The number of allylic oxidation sites excluding steroid dienone is 11. The van der Waals surface area contributed by atoms with Gasteiger partial charge >= 0.3 is 0 Å². The molecule has 2 nitrogen and oxygen atoms in total. The molecule has 0 saturated carbocycles.